The summed E-state index contributed by atoms with van der Waals surface area (Å²) < 4.78 is 47.6. The minimum atomic E-state index is -3.32. The Morgan fingerprint density at radius 3 is 2.29 bits per heavy atom. The van der Waals surface area contributed by atoms with Crippen LogP contribution < -0.4 is 5.32 Å². The Balaban J connectivity index is 1.73. The average Bonchev–Trinajstić information content (AvgIpc) is 3.02. The van der Waals surface area contributed by atoms with E-state index in [1.54, 1.807) is 25.1 Å². The first-order chi connectivity index (χ1) is 13.1. The molecular formula is C18H18N2O5S3. The third-order valence-corrected chi connectivity index (χ3v) is 7.86. The van der Waals surface area contributed by atoms with Crippen molar-refractivity contribution in [1.82, 2.24) is 4.98 Å². The van der Waals surface area contributed by atoms with E-state index in [0.29, 0.717) is 20.9 Å². The summed E-state index contributed by atoms with van der Waals surface area (Å²) in [6.45, 7) is 1.58. The van der Waals surface area contributed by atoms with Crippen molar-refractivity contribution in [3.63, 3.8) is 0 Å². The van der Waals surface area contributed by atoms with Crippen molar-refractivity contribution in [3.05, 3.63) is 48.0 Å². The fraction of sp³-hybridized carbons (Fsp3) is 0.222. The van der Waals surface area contributed by atoms with Crippen molar-refractivity contribution in [3.8, 4) is 0 Å². The Labute approximate surface area is 167 Å². The van der Waals surface area contributed by atoms with Gasteiger partial charge in [0.1, 0.15) is 0 Å². The number of hydrogen-bond donors (Lipinski definition) is 1. The number of benzene rings is 2. The monoisotopic (exact) mass is 438 g/mol. The van der Waals surface area contributed by atoms with Crippen LogP contribution in [0.25, 0.3) is 10.2 Å². The fourth-order valence-electron chi connectivity index (χ4n) is 2.52. The Hall–Kier alpha value is -2.30. The highest BCUT2D eigenvalue weighted by atomic mass is 32.2. The number of carbonyl (C=O) groups is 1. The number of nitrogens with zero attached hydrogens (tertiary/aromatic N) is 1. The summed E-state index contributed by atoms with van der Waals surface area (Å²) in [5.41, 5.74) is 1.27. The minimum absolute atomic E-state index is 0.0193. The molecule has 0 aliphatic heterocycles. The van der Waals surface area contributed by atoms with Crippen LogP contribution in [0, 0.1) is 0 Å². The SMILES string of the molecule is CCS(=O)(=O)c1ccc(CC(=O)Nc2nc3ccc(S(C)(=O)=O)cc3s2)cc1. The Bertz CT molecular complexity index is 1240. The third-order valence-electron chi connectivity index (χ3n) is 4.06. The fourth-order valence-corrected chi connectivity index (χ4v) is 5.05. The Morgan fingerprint density at radius 1 is 1.04 bits per heavy atom. The molecule has 0 bridgehead atoms. The van der Waals surface area contributed by atoms with E-state index in [0.717, 1.165) is 6.26 Å². The Kier molecular flexibility index (Phi) is 5.55. The van der Waals surface area contributed by atoms with Crippen LogP contribution in [-0.4, -0.2) is 39.7 Å². The number of hydrogen-bond acceptors (Lipinski definition) is 7. The van der Waals surface area contributed by atoms with Crippen molar-refractivity contribution in [2.75, 3.05) is 17.3 Å². The largest absolute Gasteiger partial charge is 0.302 e. The van der Waals surface area contributed by atoms with Gasteiger partial charge < -0.3 is 5.32 Å². The lowest BCUT2D eigenvalue weighted by Crippen LogP contribution is -2.14. The van der Waals surface area contributed by atoms with Gasteiger partial charge in [0.2, 0.25) is 5.91 Å². The number of nitrogens with one attached hydrogen (secondary N) is 1. The molecule has 0 spiro atoms. The first-order valence-electron chi connectivity index (χ1n) is 8.31. The average molecular weight is 439 g/mol. The van der Waals surface area contributed by atoms with Crippen molar-refractivity contribution in [1.29, 1.82) is 0 Å². The van der Waals surface area contributed by atoms with Crippen LogP contribution in [0.15, 0.2) is 52.3 Å². The number of anilines is 1. The van der Waals surface area contributed by atoms with Crippen LogP contribution in [-0.2, 0) is 30.9 Å². The van der Waals surface area contributed by atoms with E-state index in [1.165, 1.54) is 35.6 Å². The van der Waals surface area contributed by atoms with Crippen LogP contribution in [0.2, 0.25) is 0 Å². The summed E-state index contributed by atoms with van der Waals surface area (Å²) in [5.74, 6) is -0.278. The highest BCUT2D eigenvalue weighted by Crippen LogP contribution is 2.28. The Morgan fingerprint density at radius 2 is 1.68 bits per heavy atom. The molecule has 2 aromatic carbocycles. The maximum absolute atomic E-state index is 12.3. The molecule has 1 N–H and O–H groups in total. The summed E-state index contributed by atoms with van der Waals surface area (Å²) in [6.07, 6.45) is 1.20. The van der Waals surface area contributed by atoms with Crippen molar-refractivity contribution in [2.24, 2.45) is 0 Å². The molecule has 28 heavy (non-hydrogen) atoms. The summed E-state index contributed by atoms with van der Waals surface area (Å²) in [5, 5.41) is 3.07. The molecule has 0 saturated carbocycles. The number of carbonyl (C=O) groups excluding carboxylic acids is 1. The third kappa shape index (κ3) is 4.57. The summed E-state index contributed by atoms with van der Waals surface area (Å²) in [7, 11) is -6.59. The highest BCUT2D eigenvalue weighted by Gasteiger charge is 2.14. The predicted octanol–water partition coefficient (Wildman–Crippen LogP) is 2.67. The zero-order valence-electron chi connectivity index (χ0n) is 15.2. The molecule has 3 aromatic rings. The van der Waals surface area contributed by atoms with Gasteiger partial charge >= 0.3 is 0 Å². The molecule has 0 atom stereocenters. The lowest BCUT2D eigenvalue weighted by Gasteiger charge is -2.04. The first kappa shape index (κ1) is 20.4. The maximum Gasteiger partial charge on any atom is 0.230 e. The van der Waals surface area contributed by atoms with Gasteiger partial charge in [-0.3, -0.25) is 4.79 Å². The summed E-state index contributed by atoms with van der Waals surface area (Å²) >= 11 is 1.19. The smallest absolute Gasteiger partial charge is 0.230 e. The summed E-state index contributed by atoms with van der Waals surface area (Å²) in [4.78, 5) is 17.0. The normalized spacial score (nSPS) is 12.2. The molecule has 7 nitrogen and oxygen atoms in total. The standard InChI is InChI=1S/C18H18N2O5S3/c1-3-28(24,25)13-6-4-12(5-7-13)10-17(21)20-18-19-15-9-8-14(27(2,22)23)11-16(15)26-18/h4-9,11H,3,10H2,1-2H3,(H,19,20,21). The van der Waals surface area contributed by atoms with Crippen LogP contribution in [0.1, 0.15) is 12.5 Å². The summed E-state index contributed by atoms with van der Waals surface area (Å²) in [6, 6.07) is 10.8. The highest BCUT2D eigenvalue weighted by molar-refractivity contribution is 7.91. The molecule has 0 aliphatic carbocycles. The van der Waals surface area contributed by atoms with Crippen LogP contribution in [0.5, 0.6) is 0 Å². The molecule has 3 rings (SSSR count). The van der Waals surface area contributed by atoms with Crippen LogP contribution >= 0.6 is 11.3 Å². The van der Waals surface area contributed by atoms with Crippen molar-refractivity contribution in [2.45, 2.75) is 23.1 Å². The zero-order chi connectivity index (χ0) is 20.5. The topological polar surface area (TPSA) is 110 Å². The molecule has 10 heteroatoms. The molecule has 0 unspecified atom stereocenters. The number of sulfone groups is 2. The van der Waals surface area contributed by atoms with Gasteiger partial charge in [-0.1, -0.05) is 30.4 Å². The lowest BCUT2D eigenvalue weighted by molar-refractivity contribution is -0.115. The molecular weight excluding hydrogens is 420 g/mol. The predicted molar refractivity (Wildman–Crippen MR) is 109 cm³/mol. The second kappa shape index (κ2) is 7.61. The molecule has 1 heterocycles. The van der Waals surface area contributed by atoms with E-state index in [-0.39, 0.29) is 27.9 Å². The molecule has 0 radical (unpaired) electrons. The van der Waals surface area contributed by atoms with Gasteiger partial charge in [0, 0.05) is 6.26 Å². The zero-order valence-corrected chi connectivity index (χ0v) is 17.6. The lowest BCUT2D eigenvalue weighted by atomic mass is 10.1. The second-order valence-corrected chi connectivity index (χ2v) is 11.5. The molecule has 1 amide bonds. The van der Waals surface area contributed by atoms with Gasteiger partial charge in [-0.05, 0) is 35.9 Å². The molecule has 1 aromatic heterocycles. The molecule has 0 saturated heterocycles. The van der Waals surface area contributed by atoms with E-state index < -0.39 is 19.7 Å². The number of amides is 1. The number of thiazole rings is 1. The number of fused-ring (bicyclic) bond motifs is 1. The second-order valence-electron chi connectivity index (χ2n) is 6.19. The number of rotatable bonds is 6. The van der Waals surface area contributed by atoms with Gasteiger partial charge in [0.15, 0.2) is 24.8 Å². The molecule has 148 valence electrons. The van der Waals surface area contributed by atoms with E-state index >= 15 is 0 Å². The van der Waals surface area contributed by atoms with Crippen LogP contribution in [0.4, 0.5) is 5.13 Å². The van der Waals surface area contributed by atoms with Crippen LogP contribution in [0.3, 0.4) is 0 Å². The number of aromatic nitrogens is 1. The van der Waals surface area contributed by atoms with E-state index in [9.17, 15) is 21.6 Å². The van der Waals surface area contributed by atoms with Crippen molar-refractivity contribution >= 4 is 52.3 Å². The van der Waals surface area contributed by atoms with E-state index in [2.05, 4.69) is 10.3 Å². The van der Waals surface area contributed by atoms with Gasteiger partial charge in [-0.15, -0.1) is 0 Å². The van der Waals surface area contributed by atoms with Gasteiger partial charge in [-0.2, -0.15) is 0 Å². The molecule has 0 fully saturated rings. The first-order valence-corrected chi connectivity index (χ1v) is 12.7. The van der Waals surface area contributed by atoms with Gasteiger partial charge in [0.05, 0.1) is 32.2 Å². The van der Waals surface area contributed by atoms with E-state index in [4.69, 9.17) is 0 Å². The molecule has 0 aliphatic rings. The quantitative estimate of drug-likeness (QED) is 0.633. The minimum Gasteiger partial charge on any atom is -0.302 e. The van der Waals surface area contributed by atoms with Gasteiger partial charge in [0.25, 0.3) is 0 Å². The van der Waals surface area contributed by atoms with Gasteiger partial charge in [-0.25, -0.2) is 21.8 Å². The maximum atomic E-state index is 12.3. The van der Waals surface area contributed by atoms with E-state index in [1.807, 2.05) is 0 Å². The van der Waals surface area contributed by atoms with Crippen molar-refractivity contribution < 1.29 is 21.6 Å².